The van der Waals surface area contributed by atoms with Crippen molar-refractivity contribution in [2.75, 3.05) is 24.7 Å². The molecule has 0 atom stereocenters. The minimum absolute atomic E-state index is 0.0228. The van der Waals surface area contributed by atoms with Crippen LogP contribution in [0.2, 0.25) is 0 Å². The van der Waals surface area contributed by atoms with E-state index in [-0.39, 0.29) is 36.9 Å². The third kappa shape index (κ3) is 9.72. The molecule has 0 saturated heterocycles. The number of hydrogen-bond acceptors (Lipinski definition) is 6. The van der Waals surface area contributed by atoms with E-state index in [1.54, 1.807) is 0 Å². The van der Waals surface area contributed by atoms with Crippen LogP contribution in [-0.4, -0.2) is 50.7 Å². The lowest BCUT2D eigenvalue weighted by molar-refractivity contribution is 0.301. The van der Waals surface area contributed by atoms with E-state index in [2.05, 4.69) is 20.8 Å². The molecule has 0 bridgehead atoms. The first-order valence-electron chi connectivity index (χ1n) is 11.8. The molecule has 0 aliphatic heterocycles. The summed E-state index contributed by atoms with van der Waals surface area (Å²) in [6.07, 6.45) is 0.256. The monoisotopic (exact) mass is 542 g/mol. The molecule has 0 aliphatic rings. The number of benzene rings is 2. The highest BCUT2D eigenvalue weighted by Gasteiger charge is 2.24. The quantitative estimate of drug-likeness (QED) is 0.291. The van der Waals surface area contributed by atoms with Crippen molar-refractivity contribution in [3.05, 3.63) is 47.5 Å². The topological polar surface area (TPSA) is 127 Å². The molecule has 0 saturated carbocycles. The van der Waals surface area contributed by atoms with Gasteiger partial charge in [0.2, 0.25) is 0 Å². The summed E-state index contributed by atoms with van der Waals surface area (Å²) >= 11 is 0. The molecule has 0 unspecified atom stereocenters. The summed E-state index contributed by atoms with van der Waals surface area (Å²) in [6, 6.07) is 11.8. The first kappa shape index (κ1) is 30.1. The lowest BCUT2D eigenvalue weighted by atomic mass is 9.84. The summed E-state index contributed by atoms with van der Waals surface area (Å²) in [4.78, 5) is 0. The third-order valence-corrected chi connectivity index (χ3v) is 7.17. The van der Waals surface area contributed by atoms with Gasteiger partial charge in [0, 0.05) is 11.1 Å². The van der Waals surface area contributed by atoms with E-state index < -0.39 is 31.7 Å². The average Bonchev–Trinajstić information content (AvgIpc) is 2.72. The first-order chi connectivity index (χ1) is 16.4. The predicted molar refractivity (Wildman–Crippen MR) is 142 cm³/mol. The Hall–Kier alpha value is -2.14. The van der Waals surface area contributed by atoms with Crippen LogP contribution in [-0.2, 0) is 31.1 Å². The first-order valence-corrected chi connectivity index (χ1v) is 15.0. The van der Waals surface area contributed by atoms with Crippen LogP contribution in [0.5, 0.6) is 11.5 Å². The molecule has 10 heteroatoms. The maximum absolute atomic E-state index is 11.1. The Labute approximate surface area is 215 Å². The number of hydrogen-bond donors (Lipinski definition) is 2. The van der Waals surface area contributed by atoms with Crippen molar-refractivity contribution in [3.8, 4) is 22.6 Å². The highest BCUT2D eigenvalue weighted by Crippen LogP contribution is 2.41. The van der Waals surface area contributed by atoms with E-state index in [0.717, 1.165) is 22.3 Å². The van der Waals surface area contributed by atoms with Crippen LogP contribution in [0, 0.1) is 0 Å². The molecular formula is C26H38O8S2. The fraction of sp³-hybridized carbons (Fsp3) is 0.538. The molecular weight excluding hydrogens is 504 g/mol. The van der Waals surface area contributed by atoms with Crippen LogP contribution in [0.1, 0.15) is 65.5 Å². The minimum atomic E-state index is -4.08. The van der Waals surface area contributed by atoms with Crippen LogP contribution >= 0.6 is 0 Å². The third-order valence-electron chi connectivity index (χ3n) is 5.56. The van der Waals surface area contributed by atoms with Gasteiger partial charge in [0.1, 0.15) is 11.5 Å². The molecule has 202 valence electrons. The molecule has 2 aromatic carbocycles. The predicted octanol–water partition coefficient (Wildman–Crippen LogP) is 5.26. The largest absolute Gasteiger partial charge is 0.493 e. The molecule has 36 heavy (non-hydrogen) atoms. The summed E-state index contributed by atoms with van der Waals surface area (Å²) in [5.74, 6) is 0.319. The summed E-state index contributed by atoms with van der Waals surface area (Å²) in [5.41, 5.74) is 3.23. The van der Waals surface area contributed by atoms with E-state index in [4.69, 9.17) is 18.6 Å². The number of rotatable bonds is 11. The maximum atomic E-state index is 11.1. The van der Waals surface area contributed by atoms with Crippen molar-refractivity contribution in [1.29, 1.82) is 0 Å². The Morgan fingerprint density at radius 3 is 1.58 bits per heavy atom. The Kier molecular flexibility index (Phi) is 9.61. The lowest BCUT2D eigenvalue weighted by Crippen LogP contribution is -2.16. The molecule has 2 N–H and O–H groups in total. The molecule has 0 fully saturated rings. The molecule has 0 aliphatic carbocycles. The van der Waals surface area contributed by atoms with E-state index in [1.165, 1.54) is 0 Å². The van der Waals surface area contributed by atoms with Crippen LogP contribution in [0.3, 0.4) is 0 Å². The fourth-order valence-corrected chi connectivity index (χ4v) is 4.57. The molecule has 0 radical (unpaired) electrons. The Morgan fingerprint density at radius 2 is 1.17 bits per heavy atom. The van der Waals surface area contributed by atoms with Gasteiger partial charge in [0.15, 0.2) is 0 Å². The van der Waals surface area contributed by atoms with E-state index in [0.29, 0.717) is 11.5 Å². The summed E-state index contributed by atoms with van der Waals surface area (Å²) in [6.45, 7) is 12.6. The molecule has 0 spiro atoms. The second kappa shape index (κ2) is 11.5. The van der Waals surface area contributed by atoms with Gasteiger partial charge >= 0.3 is 0 Å². The molecule has 0 aromatic heterocycles. The maximum Gasteiger partial charge on any atom is 0.264 e. The van der Waals surface area contributed by atoms with Crippen molar-refractivity contribution in [1.82, 2.24) is 0 Å². The van der Waals surface area contributed by atoms with Crippen molar-refractivity contribution in [2.24, 2.45) is 0 Å². The van der Waals surface area contributed by atoms with E-state index >= 15 is 0 Å². The van der Waals surface area contributed by atoms with Gasteiger partial charge in [-0.1, -0.05) is 65.8 Å². The molecule has 8 nitrogen and oxygen atoms in total. The summed E-state index contributed by atoms with van der Waals surface area (Å²) in [7, 11) is -8.16. The average molecular weight is 543 g/mol. The van der Waals surface area contributed by atoms with Crippen molar-refractivity contribution >= 4 is 20.2 Å². The Balaban J connectivity index is 2.49. The Bertz CT molecular complexity index is 1230. The van der Waals surface area contributed by atoms with Gasteiger partial charge in [-0.2, -0.15) is 16.8 Å². The highest BCUT2D eigenvalue weighted by atomic mass is 32.2. The molecule has 0 heterocycles. The second-order valence-corrected chi connectivity index (χ2v) is 14.0. The zero-order valence-electron chi connectivity index (χ0n) is 21.9. The van der Waals surface area contributed by atoms with Crippen molar-refractivity contribution in [2.45, 2.75) is 65.2 Å². The van der Waals surface area contributed by atoms with E-state index in [1.807, 2.05) is 57.2 Å². The smallest absolute Gasteiger partial charge is 0.264 e. The fourth-order valence-electron chi connectivity index (χ4n) is 3.61. The second-order valence-electron chi connectivity index (χ2n) is 10.9. The summed E-state index contributed by atoms with van der Waals surface area (Å²) < 4.78 is 74.3. The van der Waals surface area contributed by atoms with Crippen molar-refractivity contribution < 1.29 is 35.4 Å². The lowest BCUT2D eigenvalue weighted by Gasteiger charge is -2.26. The zero-order valence-corrected chi connectivity index (χ0v) is 23.5. The van der Waals surface area contributed by atoms with Gasteiger partial charge in [-0.3, -0.25) is 9.11 Å². The molecule has 0 amide bonds. The van der Waals surface area contributed by atoms with Gasteiger partial charge in [0.05, 0.1) is 24.7 Å². The van der Waals surface area contributed by atoms with E-state index in [9.17, 15) is 16.8 Å². The van der Waals surface area contributed by atoms with Gasteiger partial charge in [-0.25, -0.2) is 0 Å². The molecule has 2 rings (SSSR count). The van der Waals surface area contributed by atoms with Crippen LogP contribution in [0.15, 0.2) is 36.4 Å². The highest BCUT2D eigenvalue weighted by molar-refractivity contribution is 7.86. The standard InChI is InChI=1S/C26H38O8S2/c1-25(2,3)20-11-9-19(10-12-20)21-17-24(34-14-8-16-36(30,31)32)22(26(4,5)6)18-23(21)33-13-7-15-35(27,28)29/h9-12,17-18H,7-8,13-16H2,1-6H3,(H,27,28,29)(H,30,31,32). The minimum Gasteiger partial charge on any atom is -0.493 e. The van der Waals surface area contributed by atoms with Crippen LogP contribution in [0.25, 0.3) is 11.1 Å². The summed E-state index contributed by atoms with van der Waals surface area (Å²) in [5, 5.41) is 0. The van der Waals surface area contributed by atoms with Gasteiger partial charge in [0.25, 0.3) is 20.2 Å². The Morgan fingerprint density at radius 1 is 0.694 bits per heavy atom. The number of ether oxygens (including phenoxy) is 2. The van der Waals surface area contributed by atoms with Gasteiger partial charge in [-0.05, 0) is 46.9 Å². The SMILES string of the molecule is CC(C)(C)c1ccc(-c2cc(OCCCS(=O)(=O)O)c(C(C)(C)C)cc2OCCCS(=O)(=O)O)cc1. The normalized spacial score (nSPS) is 13.0. The van der Waals surface area contributed by atoms with Gasteiger partial charge < -0.3 is 9.47 Å². The molecule has 2 aromatic rings. The zero-order chi connectivity index (χ0) is 27.4. The van der Waals surface area contributed by atoms with Crippen LogP contribution in [0.4, 0.5) is 0 Å². The van der Waals surface area contributed by atoms with Crippen molar-refractivity contribution in [3.63, 3.8) is 0 Å². The van der Waals surface area contributed by atoms with Gasteiger partial charge in [-0.15, -0.1) is 0 Å². The van der Waals surface area contributed by atoms with Crippen LogP contribution < -0.4 is 9.47 Å².